The highest BCUT2D eigenvalue weighted by Gasteiger charge is 2.26. The predicted octanol–water partition coefficient (Wildman–Crippen LogP) is 4.47. The first-order valence-corrected chi connectivity index (χ1v) is 7.52. The van der Waals surface area contributed by atoms with Gasteiger partial charge >= 0.3 is 0 Å². The van der Waals surface area contributed by atoms with Gasteiger partial charge in [0.2, 0.25) is 0 Å². The second-order valence-electron chi connectivity index (χ2n) is 5.14. The van der Waals surface area contributed by atoms with Crippen molar-refractivity contribution in [3.8, 4) is 17.0 Å². The number of rotatable bonds is 5. The molecule has 0 unspecified atom stereocenters. The predicted molar refractivity (Wildman–Crippen MR) is 82.6 cm³/mol. The monoisotopic (exact) mass is 286 g/mol. The van der Waals surface area contributed by atoms with E-state index in [0.29, 0.717) is 10.6 Å². The Labute approximate surface area is 124 Å². The topological polar surface area (TPSA) is 37.9 Å². The molecule has 1 aliphatic rings. The maximum Gasteiger partial charge on any atom is 0.130 e. The van der Waals surface area contributed by atoms with Crippen molar-refractivity contribution in [2.45, 2.75) is 32.1 Å². The molecule has 0 radical (unpaired) electrons. The number of nitrogens with zero attached hydrogens (tertiary/aromatic N) is 1. The van der Waals surface area contributed by atoms with Crippen LogP contribution >= 0.6 is 12.2 Å². The molecule has 104 valence electrons. The lowest BCUT2D eigenvalue weighted by molar-refractivity contribution is 0.318. The highest BCUT2D eigenvalue weighted by atomic mass is 32.1. The van der Waals surface area contributed by atoms with E-state index in [9.17, 15) is 0 Å². The molecule has 1 aliphatic carbocycles. The third kappa shape index (κ3) is 2.90. The molecular weight excluding hydrogens is 268 g/mol. The van der Waals surface area contributed by atoms with Crippen molar-refractivity contribution >= 4 is 12.2 Å². The molecule has 0 aliphatic heterocycles. The van der Waals surface area contributed by atoms with Crippen LogP contribution in [-0.4, -0.2) is 16.6 Å². The first-order valence-electron chi connectivity index (χ1n) is 7.11. The van der Waals surface area contributed by atoms with Crippen LogP contribution in [0.1, 0.15) is 37.9 Å². The van der Waals surface area contributed by atoms with Gasteiger partial charge in [-0.2, -0.15) is 0 Å². The van der Waals surface area contributed by atoms with E-state index in [4.69, 9.17) is 17.0 Å². The standard InChI is InChI=1S/C16H18N2OS/c1-2-9-19-14-6-4-3-5-12(14)13-10-15(20)18-16(17-13)11-7-8-11/h3-6,10-11H,2,7-9H2,1H3,(H,17,18,20). The summed E-state index contributed by atoms with van der Waals surface area (Å²) in [7, 11) is 0. The number of aromatic nitrogens is 2. The van der Waals surface area contributed by atoms with E-state index in [-0.39, 0.29) is 0 Å². The molecular formula is C16H18N2OS. The molecule has 0 atom stereocenters. The van der Waals surface area contributed by atoms with Crippen molar-refractivity contribution in [3.05, 3.63) is 40.8 Å². The number of nitrogens with one attached hydrogen (secondary N) is 1. The molecule has 0 amide bonds. The molecule has 2 aromatic rings. The molecule has 20 heavy (non-hydrogen) atoms. The van der Waals surface area contributed by atoms with Gasteiger partial charge < -0.3 is 9.72 Å². The molecule has 3 nitrogen and oxygen atoms in total. The van der Waals surface area contributed by atoms with E-state index in [1.165, 1.54) is 12.8 Å². The minimum Gasteiger partial charge on any atom is -0.493 e. The summed E-state index contributed by atoms with van der Waals surface area (Å²) in [5.41, 5.74) is 2.05. The second-order valence-corrected chi connectivity index (χ2v) is 5.56. The molecule has 1 aromatic carbocycles. The van der Waals surface area contributed by atoms with Gasteiger partial charge in [-0.3, -0.25) is 0 Å². The second kappa shape index (κ2) is 5.75. The third-order valence-electron chi connectivity index (χ3n) is 3.36. The van der Waals surface area contributed by atoms with E-state index < -0.39 is 0 Å². The number of hydrogen-bond acceptors (Lipinski definition) is 3. The minimum absolute atomic E-state index is 0.556. The first kappa shape index (κ1) is 13.3. The van der Waals surface area contributed by atoms with Crippen molar-refractivity contribution < 1.29 is 4.74 Å². The van der Waals surface area contributed by atoms with E-state index >= 15 is 0 Å². The Bertz CT molecular complexity index is 662. The Balaban J connectivity index is 2.01. The van der Waals surface area contributed by atoms with Crippen LogP contribution in [0.15, 0.2) is 30.3 Å². The van der Waals surface area contributed by atoms with E-state index in [1.807, 2.05) is 24.3 Å². The van der Waals surface area contributed by atoms with Crippen molar-refractivity contribution in [2.24, 2.45) is 0 Å². The van der Waals surface area contributed by atoms with Crippen molar-refractivity contribution in [2.75, 3.05) is 6.61 Å². The van der Waals surface area contributed by atoms with Gasteiger partial charge in [0, 0.05) is 11.5 Å². The number of para-hydroxylation sites is 1. The van der Waals surface area contributed by atoms with Gasteiger partial charge in [-0.15, -0.1) is 0 Å². The number of hydrogen-bond donors (Lipinski definition) is 1. The van der Waals surface area contributed by atoms with Gasteiger partial charge in [0.15, 0.2) is 0 Å². The lowest BCUT2D eigenvalue weighted by atomic mass is 10.1. The Morgan fingerprint density at radius 2 is 2.15 bits per heavy atom. The van der Waals surface area contributed by atoms with E-state index in [2.05, 4.69) is 23.0 Å². The van der Waals surface area contributed by atoms with Crippen LogP contribution in [0.2, 0.25) is 0 Å². The Morgan fingerprint density at radius 3 is 2.90 bits per heavy atom. The zero-order valence-corrected chi connectivity index (χ0v) is 12.4. The van der Waals surface area contributed by atoms with Gasteiger partial charge in [-0.1, -0.05) is 31.3 Å². The fourth-order valence-corrected chi connectivity index (χ4v) is 2.41. The summed E-state index contributed by atoms with van der Waals surface area (Å²) in [6, 6.07) is 9.98. The molecule has 0 spiro atoms. The number of ether oxygens (including phenoxy) is 1. The van der Waals surface area contributed by atoms with Crippen LogP contribution in [0.5, 0.6) is 5.75 Å². The molecule has 1 N–H and O–H groups in total. The average molecular weight is 286 g/mol. The zero-order chi connectivity index (χ0) is 13.9. The van der Waals surface area contributed by atoms with Gasteiger partial charge in [0.1, 0.15) is 16.2 Å². The van der Waals surface area contributed by atoms with Crippen LogP contribution in [-0.2, 0) is 0 Å². The lowest BCUT2D eigenvalue weighted by Gasteiger charge is -2.11. The van der Waals surface area contributed by atoms with Gasteiger partial charge in [0.05, 0.1) is 12.3 Å². The Kier molecular flexibility index (Phi) is 3.83. The maximum absolute atomic E-state index is 5.82. The van der Waals surface area contributed by atoms with Crippen LogP contribution in [0.25, 0.3) is 11.3 Å². The Morgan fingerprint density at radius 1 is 1.35 bits per heavy atom. The smallest absolute Gasteiger partial charge is 0.130 e. The lowest BCUT2D eigenvalue weighted by Crippen LogP contribution is -1.99. The van der Waals surface area contributed by atoms with Crippen LogP contribution in [0, 0.1) is 4.64 Å². The summed E-state index contributed by atoms with van der Waals surface area (Å²) in [4.78, 5) is 7.85. The fourth-order valence-electron chi connectivity index (χ4n) is 2.20. The number of aromatic amines is 1. The molecule has 1 saturated carbocycles. The minimum atomic E-state index is 0.556. The van der Waals surface area contributed by atoms with Gasteiger partial charge in [0.25, 0.3) is 0 Å². The summed E-state index contributed by atoms with van der Waals surface area (Å²) in [5, 5.41) is 0. The van der Waals surface area contributed by atoms with Crippen molar-refractivity contribution in [1.29, 1.82) is 0 Å². The SMILES string of the molecule is CCCOc1ccccc1-c1cc(=S)nc(C2CC2)[nH]1. The fraction of sp³-hybridized carbons (Fsp3) is 0.375. The summed E-state index contributed by atoms with van der Waals surface area (Å²) in [6.45, 7) is 2.83. The van der Waals surface area contributed by atoms with Crippen LogP contribution < -0.4 is 4.74 Å². The summed E-state index contributed by atoms with van der Waals surface area (Å²) in [6.07, 6.45) is 3.40. The van der Waals surface area contributed by atoms with Gasteiger partial charge in [-0.05, 0) is 37.5 Å². The highest BCUT2D eigenvalue weighted by Crippen LogP contribution is 2.39. The molecule has 1 fully saturated rings. The molecule has 0 bridgehead atoms. The summed E-state index contributed by atoms with van der Waals surface area (Å²) >= 11 is 5.29. The quantitative estimate of drug-likeness (QED) is 0.824. The maximum atomic E-state index is 5.82. The summed E-state index contributed by atoms with van der Waals surface area (Å²) < 4.78 is 6.47. The van der Waals surface area contributed by atoms with Crippen LogP contribution in [0.4, 0.5) is 0 Å². The van der Waals surface area contributed by atoms with Crippen molar-refractivity contribution in [1.82, 2.24) is 9.97 Å². The van der Waals surface area contributed by atoms with Gasteiger partial charge in [-0.25, -0.2) is 4.98 Å². The summed E-state index contributed by atoms with van der Waals surface area (Å²) in [5.74, 6) is 2.46. The molecule has 1 aromatic heterocycles. The molecule has 1 heterocycles. The molecule has 4 heteroatoms. The van der Waals surface area contributed by atoms with Crippen LogP contribution in [0.3, 0.4) is 0 Å². The largest absolute Gasteiger partial charge is 0.493 e. The molecule has 3 rings (SSSR count). The normalized spacial score (nSPS) is 14.2. The zero-order valence-electron chi connectivity index (χ0n) is 11.6. The molecule has 0 saturated heterocycles. The van der Waals surface area contributed by atoms with Crippen molar-refractivity contribution in [3.63, 3.8) is 0 Å². The highest BCUT2D eigenvalue weighted by molar-refractivity contribution is 7.71. The average Bonchev–Trinajstić information content (AvgIpc) is 3.29. The Hall–Kier alpha value is -1.68. The number of benzene rings is 1. The first-order chi connectivity index (χ1) is 9.78. The van der Waals surface area contributed by atoms with E-state index in [1.54, 1.807) is 0 Å². The van der Waals surface area contributed by atoms with E-state index in [0.717, 1.165) is 35.9 Å². The third-order valence-corrected chi connectivity index (χ3v) is 3.57. The number of H-pyrrole nitrogens is 1.